The summed E-state index contributed by atoms with van der Waals surface area (Å²) in [5, 5.41) is 20.0. The maximum absolute atomic E-state index is 10.7. The van der Waals surface area contributed by atoms with E-state index < -0.39 is 4.92 Å². The number of nitro groups is 1. The average Bonchev–Trinajstić information content (AvgIpc) is 2.99. The molecule has 0 unspecified atom stereocenters. The number of phenols is 1. The van der Waals surface area contributed by atoms with Crippen LogP contribution < -0.4 is 5.73 Å². The first-order chi connectivity index (χ1) is 7.09. The van der Waals surface area contributed by atoms with Crippen molar-refractivity contribution >= 4 is 18.1 Å². The number of hydrogen-bond donors (Lipinski definition) is 2. The van der Waals surface area contributed by atoms with Crippen molar-refractivity contribution in [3.63, 3.8) is 0 Å². The van der Waals surface area contributed by atoms with Gasteiger partial charge in [0.1, 0.15) is 5.75 Å². The van der Waals surface area contributed by atoms with Crippen molar-refractivity contribution in [2.45, 2.75) is 18.9 Å². The molecule has 5 nitrogen and oxygen atoms in total. The Balaban J connectivity index is 0.00000128. The van der Waals surface area contributed by atoms with Crippen LogP contribution in [0.1, 0.15) is 24.4 Å². The van der Waals surface area contributed by atoms with Crippen LogP contribution in [0.5, 0.6) is 5.75 Å². The number of benzene rings is 1. The molecule has 0 saturated heterocycles. The summed E-state index contributed by atoms with van der Waals surface area (Å²) in [5.74, 6) is 0.345. The topological polar surface area (TPSA) is 89.4 Å². The molecule has 1 aromatic carbocycles. The van der Waals surface area contributed by atoms with Gasteiger partial charge in [-0.05, 0) is 30.9 Å². The van der Waals surface area contributed by atoms with Gasteiger partial charge in [-0.3, -0.25) is 10.1 Å². The lowest BCUT2D eigenvalue weighted by Crippen LogP contribution is -2.14. The van der Waals surface area contributed by atoms with Crippen molar-refractivity contribution in [1.82, 2.24) is 0 Å². The lowest BCUT2D eigenvalue weighted by atomic mass is 10.0. The largest absolute Gasteiger partial charge is 0.508 e. The Kier molecular flexibility index (Phi) is 3.72. The number of halogens is 1. The number of rotatable bonds is 3. The Labute approximate surface area is 98.8 Å². The summed E-state index contributed by atoms with van der Waals surface area (Å²) in [6.45, 7) is 0. The lowest BCUT2D eigenvalue weighted by molar-refractivity contribution is -0.385. The lowest BCUT2D eigenvalue weighted by Gasteiger charge is -2.11. The van der Waals surface area contributed by atoms with Gasteiger partial charge in [0.25, 0.3) is 5.69 Å². The van der Waals surface area contributed by atoms with Crippen LogP contribution in [0, 0.1) is 16.0 Å². The summed E-state index contributed by atoms with van der Waals surface area (Å²) in [6.07, 6.45) is 2.02. The molecule has 0 amide bonds. The minimum atomic E-state index is -0.461. The summed E-state index contributed by atoms with van der Waals surface area (Å²) >= 11 is 0. The number of hydrogen-bond acceptors (Lipinski definition) is 4. The van der Waals surface area contributed by atoms with Crippen molar-refractivity contribution in [2.24, 2.45) is 11.7 Å². The van der Waals surface area contributed by atoms with Crippen molar-refractivity contribution in [2.75, 3.05) is 0 Å². The van der Waals surface area contributed by atoms with Crippen LogP contribution in [0.3, 0.4) is 0 Å². The van der Waals surface area contributed by atoms with E-state index in [0.29, 0.717) is 11.5 Å². The number of nitrogens with zero attached hydrogens (tertiary/aromatic N) is 1. The molecule has 2 rings (SSSR count). The summed E-state index contributed by atoms with van der Waals surface area (Å²) < 4.78 is 0. The van der Waals surface area contributed by atoms with E-state index in [1.165, 1.54) is 18.2 Å². The fourth-order valence-corrected chi connectivity index (χ4v) is 1.68. The fourth-order valence-electron chi connectivity index (χ4n) is 1.68. The molecule has 6 heteroatoms. The highest BCUT2D eigenvalue weighted by molar-refractivity contribution is 5.85. The molecule has 16 heavy (non-hydrogen) atoms. The van der Waals surface area contributed by atoms with E-state index in [9.17, 15) is 15.2 Å². The van der Waals surface area contributed by atoms with Crippen LogP contribution in [0.25, 0.3) is 0 Å². The summed E-state index contributed by atoms with van der Waals surface area (Å²) in [4.78, 5) is 10.3. The molecule has 0 aromatic heterocycles. The molecule has 1 aromatic rings. The first kappa shape index (κ1) is 12.7. The van der Waals surface area contributed by atoms with Crippen molar-refractivity contribution in [3.8, 4) is 5.75 Å². The summed E-state index contributed by atoms with van der Waals surface area (Å²) in [6, 6.07) is 3.66. The van der Waals surface area contributed by atoms with Gasteiger partial charge in [-0.15, -0.1) is 12.4 Å². The third kappa shape index (κ3) is 2.43. The molecule has 1 aliphatic carbocycles. The van der Waals surface area contributed by atoms with Crippen LogP contribution in [0.4, 0.5) is 5.69 Å². The molecule has 0 spiro atoms. The van der Waals surface area contributed by atoms with Crippen LogP contribution in [-0.4, -0.2) is 10.0 Å². The van der Waals surface area contributed by atoms with E-state index in [1.807, 2.05) is 0 Å². The highest BCUT2D eigenvalue weighted by Crippen LogP contribution is 2.42. The number of nitrogens with two attached hydrogens (primary N) is 1. The van der Waals surface area contributed by atoms with Crippen molar-refractivity contribution < 1.29 is 10.0 Å². The van der Waals surface area contributed by atoms with Gasteiger partial charge in [-0.2, -0.15) is 0 Å². The zero-order valence-electron chi connectivity index (χ0n) is 8.50. The quantitative estimate of drug-likeness (QED) is 0.630. The molecule has 3 N–H and O–H groups in total. The van der Waals surface area contributed by atoms with Gasteiger partial charge in [0, 0.05) is 12.1 Å². The monoisotopic (exact) mass is 244 g/mol. The smallest absolute Gasteiger partial charge is 0.274 e. The minimum absolute atomic E-state index is 0. The Morgan fingerprint density at radius 2 is 2.12 bits per heavy atom. The zero-order chi connectivity index (χ0) is 11.0. The van der Waals surface area contributed by atoms with Gasteiger partial charge >= 0.3 is 0 Å². The number of aromatic hydroxyl groups is 1. The van der Waals surface area contributed by atoms with Gasteiger partial charge < -0.3 is 10.8 Å². The molecule has 0 radical (unpaired) electrons. The first-order valence-electron chi connectivity index (χ1n) is 4.82. The van der Waals surface area contributed by atoms with Crippen molar-refractivity contribution in [3.05, 3.63) is 33.9 Å². The standard InChI is InChI=1S/C10H12N2O3.ClH/c11-10(6-1-2-6)8-5-7(13)3-4-9(8)12(14)15;/h3-6,10,13H,1-2,11H2;1H/t10-;/m0./s1. The predicted octanol–water partition coefficient (Wildman–Crippen LogP) is 2.13. The molecule has 1 fully saturated rings. The first-order valence-corrected chi connectivity index (χ1v) is 4.82. The van der Waals surface area contributed by atoms with Gasteiger partial charge in [0.2, 0.25) is 0 Å². The zero-order valence-corrected chi connectivity index (χ0v) is 9.31. The molecular weight excluding hydrogens is 232 g/mol. The second kappa shape index (κ2) is 4.67. The maximum Gasteiger partial charge on any atom is 0.274 e. The third-order valence-electron chi connectivity index (χ3n) is 2.70. The van der Waals surface area contributed by atoms with E-state index in [0.717, 1.165) is 12.8 Å². The highest BCUT2D eigenvalue weighted by Gasteiger charge is 2.33. The average molecular weight is 245 g/mol. The molecule has 0 aliphatic heterocycles. The van der Waals surface area contributed by atoms with Gasteiger partial charge in [-0.1, -0.05) is 0 Å². The van der Waals surface area contributed by atoms with Gasteiger partial charge in [0.05, 0.1) is 10.5 Å². The highest BCUT2D eigenvalue weighted by atomic mass is 35.5. The van der Waals surface area contributed by atoms with Crippen LogP contribution >= 0.6 is 12.4 Å². The third-order valence-corrected chi connectivity index (χ3v) is 2.70. The molecular formula is C10H13ClN2O3. The second-order valence-electron chi connectivity index (χ2n) is 3.86. The predicted molar refractivity (Wildman–Crippen MR) is 61.7 cm³/mol. The second-order valence-corrected chi connectivity index (χ2v) is 3.86. The van der Waals surface area contributed by atoms with E-state index >= 15 is 0 Å². The molecule has 1 aliphatic rings. The number of nitro benzene ring substituents is 1. The van der Waals surface area contributed by atoms with Crippen molar-refractivity contribution in [1.29, 1.82) is 0 Å². The number of phenolic OH excluding ortho intramolecular Hbond substituents is 1. The van der Waals surface area contributed by atoms with E-state index in [-0.39, 0.29) is 29.9 Å². The van der Waals surface area contributed by atoms with E-state index in [4.69, 9.17) is 5.73 Å². The van der Waals surface area contributed by atoms with Crippen LogP contribution in [0.2, 0.25) is 0 Å². The Bertz CT molecular complexity index is 407. The fraction of sp³-hybridized carbons (Fsp3) is 0.400. The van der Waals surface area contributed by atoms with Gasteiger partial charge in [-0.25, -0.2) is 0 Å². The van der Waals surface area contributed by atoms with Gasteiger partial charge in [0.15, 0.2) is 0 Å². The summed E-state index contributed by atoms with van der Waals surface area (Å²) in [5.41, 5.74) is 6.32. The molecule has 0 heterocycles. The maximum atomic E-state index is 10.7. The molecule has 0 bridgehead atoms. The minimum Gasteiger partial charge on any atom is -0.508 e. The Morgan fingerprint density at radius 1 is 1.50 bits per heavy atom. The normalized spacial score (nSPS) is 16.3. The van der Waals surface area contributed by atoms with E-state index in [1.54, 1.807) is 0 Å². The van der Waals surface area contributed by atoms with Crippen LogP contribution in [0.15, 0.2) is 18.2 Å². The SMILES string of the molecule is Cl.N[C@H](c1cc(O)ccc1[N+](=O)[O-])C1CC1. The Morgan fingerprint density at radius 3 is 2.62 bits per heavy atom. The Hall–Kier alpha value is -1.33. The van der Waals surface area contributed by atoms with E-state index in [2.05, 4.69) is 0 Å². The molecule has 1 saturated carbocycles. The van der Waals surface area contributed by atoms with Crippen LogP contribution in [-0.2, 0) is 0 Å². The molecule has 1 atom stereocenters. The molecule has 88 valence electrons. The summed E-state index contributed by atoms with van der Waals surface area (Å²) in [7, 11) is 0.